The van der Waals surface area contributed by atoms with Gasteiger partial charge in [-0.2, -0.15) is 0 Å². The molecule has 8 rings (SSSR count). The highest BCUT2D eigenvalue weighted by molar-refractivity contribution is 6.36. The van der Waals surface area contributed by atoms with Crippen molar-refractivity contribution in [1.29, 1.82) is 0 Å². The van der Waals surface area contributed by atoms with E-state index in [9.17, 15) is 64.8 Å². The van der Waals surface area contributed by atoms with Gasteiger partial charge in [0.1, 0.15) is 28.8 Å². The number of phenols is 4. The molecular formula is C30H22O13. The standard InChI is InChI=1S/C30H22O13/c1-5-3-7(31)9-11(18(5)33)24(39)28-13-14-22(37)17(28)27(42)30(43)26(41)10-8(32)4-6(2)19(34)12(10)25(40)29(14,30)16(21(13)36)23(38)15(28)20(9)35/h3-4,13-14,16-17,21-22,31-37,43H,1-2H3. The SMILES string of the molecule is Cc1cc(O)c2c(c1O)C(=O)C13C(=C2O)C(=O)C2C(O)C1C1C(O)C3C(=O)C3(O)C(=O)c4c(O)cc(C)c(O)c4C(=O)C213. The second-order valence-electron chi connectivity index (χ2n) is 12.5. The summed E-state index contributed by atoms with van der Waals surface area (Å²) in [6.07, 6.45) is -4.09. The highest BCUT2D eigenvalue weighted by Gasteiger charge is 2.95. The highest BCUT2D eigenvalue weighted by atomic mass is 16.3. The van der Waals surface area contributed by atoms with Gasteiger partial charge in [0.05, 0.1) is 62.7 Å². The summed E-state index contributed by atoms with van der Waals surface area (Å²) in [6, 6.07) is 1.95. The number of carbonyl (C=O) groups excluding carboxylic acids is 5. The van der Waals surface area contributed by atoms with Crippen molar-refractivity contribution in [3.05, 3.63) is 51.1 Å². The number of allylic oxidation sites excluding steroid dienone is 1. The Morgan fingerprint density at radius 1 is 0.651 bits per heavy atom. The van der Waals surface area contributed by atoms with Gasteiger partial charge >= 0.3 is 0 Å². The van der Waals surface area contributed by atoms with Crippen LogP contribution in [0.3, 0.4) is 0 Å². The molecule has 6 aliphatic rings. The predicted molar refractivity (Wildman–Crippen MR) is 137 cm³/mol. The van der Waals surface area contributed by atoms with Crippen molar-refractivity contribution in [2.24, 2.45) is 34.5 Å². The molecule has 4 saturated carbocycles. The minimum Gasteiger partial charge on any atom is -0.507 e. The molecule has 4 fully saturated rings. The molecule has 9 unspecified atom stereocenters. The lowest BCUT2D eigenvalue weighted by molar-refractivity contribution is -0.181. The van der Waals surface area contributed by atoms with E-state index in [1.54, 1.807) is 0 Å². The van der Waals surface area contributed by atoms with Crippen molar-refractivity contribution in [3.63, 3.8) is 0 Å². The maximum atomic E-state index is 14.6. The maximum Gasteiger partial charge on any atom is 0.207 e. The summed E-state index contributed by atoms with van der Waals surface area (Å²) in [7, 11) is 0. The van der Waals surface area contributed by atoms with Crippen LogP contribution >= 0.6 is 0 Å². The minimum absolute atomic E-state index is 0.0389. The number of Topliss-reactive ketones (excluding diaryl/α,β-unsaturated/α-hetero) is 5. The summed E-state index contributed by atoms with van der Waals surface area (Å²) in [5.41, 5.74) is -13.2. The molecule has 2 aromatic rings. The second kappa shape index (κ2) is 6.96. The molecule has 8 N–H and O–H groups in total. The van der Waals surface area contributed by atoms with Gasteiger partial charge in [0.25, 0.3) is 0 Å². The molecule has 13 nitrogen and oxygen atoms in total. The van der Waals surface area contributed by atoms with Crippen molar-refractivity contribution in [1.82, 2.24) is 0 Å². The Kier molecular flexibility index (Phi) is 4.22. The average molecular weight is 590 g/mol. The fourth-order valence-electron chi connectivity index (χ4n) is 9.88. The Morgan fingerprint density at radius 2 is 1.16 bits per heavy atom. The summed E-state index contributed by atoms with van der Waals surface area (Å²) < 4.78 is 0. The van der Waals surface area contributed by atoms with E-state index >= 15 is 0 Å². The molecule has 2 aromatic carbocycles. The molecule has 0 radical (unpaired) electrons. The third kappa shape index (κ3) is 2.07. The number of benzene rings is 2. The Hall–Kier alpha value is -4.59. The zero-order valence-corrected chi connectivity index (χ0v) is 22.2. The Labute approximate surface area is 239 Å². The normalized spacial score (nSPS) is 39.7. The Morgan fingerprint density at radius 3 is 1.74 bits per heavy atom. The fraction of sp³-hybridized carbons (Fsp3) is 0.367. The van der Waals surface area contributed by atoms with Crippen LogP contribution in [0.4, 0.5) is 0 Å². The van der Waals surface area contributed by atoms with E-state index in [0.717, 1.165) is 12.1 Å². The van der Waals surface area contributed by atoms with Crippen molar-refractivity contribution in [3.8, 4) is 23.0 Å². The predicted octanol–water partition coefficient (Wildman–Crippen LogP) is -0.246. The highest BCUT2D eigenvalue weighted by Crippen LogP contribution is 2.81. The molecule has 6 aliphatic carbocycles. The van der Waals surface area contributed by atoms with Crippen molar-refractivity contribution >= 4 is 34.7 Å². The van der Waals surface area contributed by atoms with Crippen LogP contribution in [0.5, 0.6) is 23.0 Å². The Balaban J connectivity index is 1.57. The molecule has 0 aromatic heterocycles. The van der Waals surface area contributed by atoms with Crippen LogP contribution in [0.2, 0.25) is 0 Å². The Bertz CT molecular complexity index is 1940. The van der Waals surface area contributed by atoms with Gasteiger partial charge in [-0.1, -0.05) is 0 Å². The molecule has 0 amide bonds. The number of ketones is 5. The van der Waals surface area contributed by atoms with E-state index in [0.29, 0.717) is 0 Å². The lowest BCUT2D eigenvalue weighted by Crippen LogP contribution is -2.78. The zero-order valence-electron chi connectivity index (χ0n) is 22.2. The molecule has 220 valence electrons. The van der Waals surface area contributed by atoms with E-state index in [4.69, 9.17) is 0 Å². The molecule has 0 aliphatic heterocycles. The summed E-state index contributed by atoms with van der Waals surface area (Å²) in [5, 5.41) is 90.5. The zero-order chi connectivity index (χ0) is 31.2. The first-order valence-electron chi connectivity index (χ1n) is 13.4. The summed E-state index contributed by atoms with van der Waals surface area (Å²) >= 11 is 0. The number of aliphatic hydroxyl groups is 4. The first kappa shape index (κ1) is 26.1. The summed E-state index contributed by atoms with van der Waals surface area (Å²) in [6.45, 7) is 2.60. The number of aliphatic hydroxyl groups excluding tert-OH is 3. The molecule has 43 heavy (non-hydrogen) atoms. The number of hydrogen-bond donors (Lipinski definition) is 8. The van der Waals surface area contributed by atoms with Gasteiger partial charge in [0.15, 0.2) is 23.1 Å². The van der Waals surface area contributed by atoms with Gasteiger partial charge in [0, 0.05) is 11.8 Å². The number of carbonyl (C=O) groups is 5. The molecule has 2 spiro atoms. The minimum atomic E-state index is -3.50. The van der Waals surface area contributed by atoms with Crippen LogP contribution in [0, 0.1) is 48.3 Å². The first-order valence-corrected chi connectivity index (χ1v) is 13.4. The van der Waals surface area contributed by atoms with Gasteiger partial charge in [-0.15, -0.1) is 0 Å². The van der Waals surface area contributed by atoms with Crippen LogP contribution in [0.1, 0.15) is 47.8 Å². The van der Waals surface area contributed by atoms with Crippen LogP contribution in [0.25, 0.3) is 5.76 Å². The molecule has 13 heteroatoms. The lowest BCUT2D eigenvalue weighted by Gasteiger charge is -2.58. The van der Waals surface area contributed by atoms with E-state index in [1.165, 1.54) is 13.8 Å². The van der Waals surface area contributed by atoms with Gasteiger partial charge in [-0.3, -0.25) is 24.0 Å². The number of phenolic OH excluding ortho intramolecular Hbond substituents is 4. The average Bonchev–Trinajstić information content (AvgIpc) is 3.31. The van der Waals surface area contributed by atoms with E-state index in [2.05, 4.69) is 0 Å². The van der Waals surface area contributed by atoms with Gasteiger partial charge in [-0.05, 0) is 37.1 Å². The van der Waals surface area contributed by atoms with Crippen LogP contribution < -0.4 is 0 Å². The number of rotatable bonds is 0. The number of aromatic hydroxyl groups is 4. The summed E-state index contributed by atoms with van der Waals surface area (Å²) in [4.78, 5) is 72.4. The third-order valence-electron chi connectivity index (χ3n) is 11.2. The van der Waals surface area contributed by atoms with Crippen LogP contribution in [-0.4, -0.2) is 87.6 Å². The smallest absolute Gasteiger partial charge is 0.207 e. The van der Waals surface area contributed by atoms with Crippen LogP contribution in [-0.2, 0) is 9.59 Å². The lowest BCUT2D eigenvalue weighted by atomic mass is 9.42. The van der Waals surface area contributed by atoms with E-state index in [-0.39, 0.29) is 11.1 Å². The van der Waals surface area contributed by atoms with Crippen molar-refractivity contribution < 1.29 is 64.8 Å². The van der Waals surface area contributed by atoms with Crippen molar-refractivity contribution in [2.45, 2.75) is 31.7 Å². The molecule has 4 bridgehead atoms. The molecule has 9 atom stereocenters. The molecular weight excluding hydrogens is 568 g/mol. The summed E-state index contributed by atoms with van der Waals surface area (Å²) in [5.74, 6) is -19.2. The molecule has 0 heterocycles. The van der Waals surface area contributed by atoms with E-state index in [1.807, 2.05) is 0 Å². The van der Waals surface area contributed by atoms with Crippen LogP contribution in [0.15, 0.2) is 17.7 Å². The van der Waals surface area contributed by atoms with Gasteiger partial charge < -0.3 is 40.9 Å². The topological polar surface area (TPSA) is 247 Å². The monoisotopic (exact) mass is 590 g/mol. The third-order valence-corrected chi connectivity index (χ3v) is 11.2. The number of hydrogen-bond acceptors (Lipinski definition) is 13. The van der Waals surface area contributed by atoms with E-state index < -0.39 is 138 Å². The molecule has 0 saturated heterocycles. The second-order valence-corrected chi connectivity index (χ2v) is 12.5. The number of fused-ring (bicyclic) bond motifs is 4. The quantitative estimate of drug-likeness (QED) is 0.146. The van der Waals surface area contributed by atoms with Crippen molar-refractivity contribution in [2.75, 3.05) is 0 Å². The van der Waals surface area contributed by atoms with Gasteiger partial charge in [0.2, 0.25) is 11.4 Å². The fourth-order valence-corrected chi connectivity index (χ4v) is 9.88. The largest absolute Gasteiger partial charge is 0.507 e. The van der Waals surface area contributed by atoms with Gasteiger partial charge in [-0.25, -0.2) is 0 Å². The number of aryl methyl sites for hydroxylation is 2. The first-order chi connectivity index (χ1) is 20.1. The maximum absolute atomic E-state index is 14.6.